The van der Waals surface area contributed by atoms with Crippen molar-refractivity contribution >= 4 is 34.1 Å². The van der Waals surface area contributed by atoms with Crippen molar-refractivity contribution in [2.75, 3.05) is 19.8 Å². The predicted molar refractivity (Wildman–Crippen MR) is 86.2 cm³/mol. The van der Waals surface area contributed by atoms with Crippen LogP contribution in [0.15, 0.2) is 10.5 Å². The summed E-state index contributed by atoms with van der Waals surface area (Å²) in [5, 5.41) is 14.8. The van der Waals surface area contributed by atoms with Crippen LogP contribution in [0.1, 0.15) is 31.4 Å². The molecule has 1 aromatic heterocycles. The molecule has 0 atom stereocenters. The van der Waals surface area contributed by atoms with Crippen molar-refractivity contribution in [1.82, 2.24) is 9.88 Å². The smallest absolute Gasteiger partial charge is 0.360 e. The van der Waals surface area contributed by atoms with E-state index in [0.717, 1.165) is 11.3 Å². The van der Waals surface area contributed by atoms with Gasteiger partial charge in [-0.15, -0.1) is 11.3 Å². The molecule has 1 saturated carbocycles. The first kappa shape index (κ1) is 17.2. The highest BCUT2D eigenvalue weighted by atomic mass is 32.1. The first-order valence-electron chi connectivity index (χ1n) is 7.28. The topological polar surface area (TPSA) is 118 Å². The molecule has 1 amide bonds. The summed E-state index contributed by atoms with van der Waals surface area (Å²) >= 11 is 1.14. The lowest BCUT2D eigenvalue weighted by molar-refractivity contribution is -0.135. The number of thiazole rings is 1. The number of carboxylic acids is 1. The summed E-state index contributed by atoms with van der Waals surface area (Å²) in [6, 6.07) is 0. The molecular weight excluding hydrogens is 320 g/mol. The average Bonchev–Trinajstić information content (AvgIpc) is 2.93. The second kappa shape index (κ2) is 7.40. The molecule has 1 aromatic rings. The van der Waals surface area contributed by atoms with E-state index in [-0.39, 0.29) is 34.5 Å². The van der Waals surface area contributed by atoms with E-state index in [1.807, 2.05) is 0 Å². The second-order valence-corrected chi connectivity index (χ2v) is 6.52. The number of carbonyl (C=O) groups excluding carboxylic acids is 1. The summed E-state index contributed by atoms with van der Waals surface area (Å²) in [4.78, 5) is 34.0. The van der Waals surface area contributed by atoms with Gasteiger partial charge < -0.3 is 20.6 Å². The zero-order valence-corrected chi connectivity index (χ0v) is 13.9. The third-order valence-electron chi connectivity index (χ3n) is 3.72. The van der Waals surface area contributed by atoms with E-state index in [4.69, 9.17) is 10.6 Å². The van der Waals surface area contributed by atoms with E-state index < -0.39 is 5.97 Å². The van der Waals surface area contributed by atoms with Crippen molar-refractivity contribution in [1.29, 1.82) is 0 Å². The van der Waals surface area contributed by atoms with Crippen LogP contribution < -0.4 is 5.73 Å². The van der Waals surface area contributed by atoms with Crippen molar-refractivity contribution < 1.29 is 19.5 Å². The van der Waals surface area contributed by atoms with Crippen molar-refractivity contribution in [3.05, 3.63) is 11.1 Å². The maximum atomic E-state index is 11.9. The molecular formula is C14H20N4O4S. The minimum Gasteiger partial charge on any atom is -0.476 e. The molecule has 1 fully saturated rings. The van der Waals surface area contributed by atoms with Gasteiger partial charge in [-0.3, -0.25) is 4.79 Å². The van der Waals surface area contributed by atoms with Gasteiger partial charge in [0.2, 0.25) is 11.6 Å². The zero-order chi connectivity index (χ0) is 17.0. The standard InChI is InChI=1S/C14H20N4O4S/c1-18(2)12(19)8-3-5-9(6-4-8)22-17-11(13(20)21)10-7-23-14(15)16-10/h7-9H,3-6H2,1-2H3,(H2,15,16)(H,20,21)/b17-11-. The Kier molecular flexibility index (Phi) is 5.54. The number of amides is 1. The van der Waals surface area contributed by atoms with Crippen LogP contribution >= 0.6 is 11.3 Å². The van der Waals surface area contributed by atoms with E-state index in [1.54, 1.807) is 19.0 Å². The van der Waals surface area contributed by atoms with Crippen LogP contribution in [0.5, 0.6) is 0 Å². The van der Waals surface area contributed by atoms with Gasteiger partial charge in [-0.25, -0.2) is 9.78 Å². The quantitative estimate of drug-likeness (QED) is 0.614. The third kappa shape index (κ3) is 4.41. The number of aromatic nitrogens is 1. The Hall–Kier alpha value is -2.16. The van der Waals surface area contributed by atoms with Gasteiger partial charge in [0.15, 0.2) is 5.13 Å². The van der Waals surface area contributed by atoms with Gasteiger partial charge in [0.1, 0.15) is 11.8 Å². The van der Waals surface area contributed by atoms with Gasteiger partial charge in [-0.1, -0.05) is 5.16 Å². The highest BCUT2D eigenvalue weighted by Crippen LogP contribution is 2.27. The first-order valence-corrected chi connectivity index (χ1v) is 8.16. The normalized spacial score (nSPS) is 21.7. The molecule has 0 bridgehead atoms. The first-order chi connectivity index (χ1) is 10.9. The fourth-order valence-electron chi connectivity index (χ4n) is 2.50. The maximum absolute atomic E-state index is 11.9. The SMILES string of the molecule is CN(C)C(=O)C1CCC(O/N=C(\C(=O)O)c2csc(N)n2)CC1. The van der Waals surface area contributed by atoms with Crippen molar-refractivity contribution in [2.24, 2.45) is 11.1 Å². The molecule has 1 heterocycles. The zero-order valence-electron chi connectivity index (χ0n) is 13.1. The molecule has 0 radical (unpaired) electrons. The maximum Gasteiger partial charge on any atom is 0.360 e. The van der Waals surface area contributed by atoms with Crippen LogP contribution in [-0.2, 0) is 14.4 Å². The summed E-state index contributed by atoms with van der Waals surface area (Å²) in [6.45, 7) is 0. The number of carbonyl (C=O) groups is 2. The molecule has 23 heavy (non-hydrogen) atoms. The number of carboxylic acid groups (broad SMARTS) is 1. The molecule has 1 aliphatic carbocycles. The molecule has 0 spiro atoms. The summed E-state index contributed by atoms with van der Waals surface area (Å²) < 4.78 is 0. The molecule has 126 valence electrons. The highest BCUT2D eigenvalue weighted by molar-refractivity contribution is 7.13. The number of nitrogens with zero attached hydrogens (tertiary/aromatic N) is 3. The highest BCUT2D eigenvalue weighted by Gasteiger charge is 2.28. The lowest BCUT2D eigenvalue weighted by Crippen LogP contribution is -2.33. The Morgan fingerprint density at radius 1 is 1.39 bits per heavy atom. The van der Waals surface area contributed by atoms with Gasteiger partial charge in [0.05, 0.1) is 0 Å². The van der Waals surface area contributed by atoms with Crippen LogP contribution in [0.25, 0.3) is 0 Å². The molecule has 1 aliphatic rings. The van der Waals surface area contributed by atoms with Gasteiger partial charge in [0, 0.05) is 25.4 Å². The van der Waals surface area contributed by atoms with Crippen LogP contribution in [-0.4, -0.2) is 52.8 Å². The average molecular weight is 340 g/mol. The molecule has 0 unspecified atom stereocenters. The fraction of sp³-hybridized carbons (Fsp3) is 0.571. The second-order valence-electron chi connectivity index (χ2n) is 5.63. The van der Waals surface area contributed by atoms with Gasteiger partial charge in [-0.05, 0) is 25.7 Å². The van der Waals surface area contributed by atoms with Gasteiger partial charge in [-0.2, -0.15) is 0 Å². The Morgan fingerprint density at radius 2 is 2.04 bits per heavy atom. The number of aliphatic carboxylic acids is 1. The predicted octanol–water partition coefficient (Wildman–Crippen LogP) is 1.18. The number of nitrogens with two attached hydrogens (primary N) is 1. The molecule has 8 nitrogen and oxygen atoms in total. The summed E-state index contributed by atoms with van der Waals surface area (Å²) in [7, 11) is 3.49. The number of hydrogen-bond donors (Lipinski definition) is 2. The number of hydrogen-bond acceptors (Lipinski definition) is 7. The summed E-state index contributed by atoms with van der Waals surface area (Å²) in [5.74, 6) is -1.09. The Balaban J connectivity index is 1.94. The van der Waals surface area contributed by atoms with Crippen LogP contribution in [0, 0.1) is 5.92 Å². The number of oxime groups is 1. The molecule has 2 rings (SSSR count). The van der Waals surface area contributed by atoms with E-state index in [0.29, 0.717) is 25.7 Å². The van der Waals surface area contributed by atoms with Gasteiger partial charge >= 0.3 is 5.97 Å². The van der Waals surface area contributed by atoms with Crippen molar-refractivity contribution in [2.45, 2.75) is 31.8 Å². The summed E-state index contributed by atoms with van der Waals surface area (Å²) in [5.41, 5.74) is 5.44. The van der Waals surface area contributed by atoms with E-state index in [9.17, 15) is 14.7 Å². The van der Waals surface area contributed by atoms with E-state index in [1.165, 1.54) is 5.38 Å². The Labute approximate surface area is 137 Å². The number of rotatable bonds is 5. The minimum atomic E-state index is -1.22. The number of anilines is 1. The van der Waals surface area contributed by atoms with E-state index in [2.05, 4.69) is 10.1 Å². The van der Waals surface area contributed by atoms with Crippen molar-refractivity contribution in [3.63, 3.8) is 0 Å². The monoisotopic (exact) mass is 340 g/mol. The molecule has 0 aromatic carbocycles. The molecule has 3 N–H and O–H groups in total. The van der Waals surface area contributed by atoms with Crippen molar-refractivity contribution in [3.8, 4) is 0 Å². The third-order valence-corrected chi connectivity index (χ3v) is 4.40. The Bertz CT molecular complexity index is 606. The van der Waals surface area contributed by atoms with Crippen LogP contribution in [0.2, 0.25) is 0 Å². The lowest BCUT2D eigenvalue weighted by Gasteiger charge is -2.28. The minimum absolute atomic E-state index is 0.00566. The van der Waals surface area contributed by atoms with Gasteiger partial charge in [0.25, 0.3) is 0 Å². The number of nitrogen functional groups attached to an aromatic ring is 1. The van der Waals surface area contributed by atoms with Crippen LogP contribution in [0.3, 0.4) is 0 Å². The van der Waals surface area contributed by atoms with Crippen LogP contribution in [0.4, 0.5) is 5.13 Å². The lowest BCUT2D eigenvalue weighted by atomic mass is 9.86. The molecule has 0 aliphatic heterocycles. The fourth-order valence-corrected chi connectivity index (χ4v) is 3.05. The molecule has 0 saturated heterocycles. The Morgan fingerprint density at radius 3 is 2.52 bits per heavy atom. The largest absolute Gasteiger partial charge is 0.476 e. The molecule has 9 heteroatoms. The summed E-state index contributed by atoms with van der Waals surface area (Å²) in [6.07, 6.45) is 2.57. The van der Waals surface area contributed by atoms with E-state index >= 15 is 0 Å².